The van der Waals surface area contributed by atoms with Crippen molar-refractivity contribution in [1.82, 2.24) is 5.43 Å². The summed E-state index contributed by atoms with van der Waals surface area (Å²) in [5.41, 5.74) is 5.08. The van der Waals surface area contributed by atoms with Crippen molar-refractivity contribution in [3.05, 3.63) is 35.6 Å². The number of para-hydroxylation sites is 1. The second kappa shape index (κ2) is 4.96. The minimum atomic E-state index is 0.115. The zero-order valence-corrected chi connectivity index (χ0v) is 11.3. The zero-order valence-electron chi connectivity index (χ0n) is 10.5. The van der Waals surface area contributed by atoms with E-state index in [1.54, 1.807) is 0 Å². The van der Waals surface area contributed by atoms with Gasteiger partial charge >= 0.3 is 0 Å². The van der Waals surface area contributed by atoms with E-state index in [0.29, 0.717) is 5.25 Å². The Morgan fingerprint density at radius 2 is 2.39 bits per heavy atom. The minimum Gasteiger partial charge on any atom is -0.459 e. The molecule has 1 aromatic carbocycles. The van der Waals surface area contributed by atoms with Crippen LogP contribution in [0, 0.1) is 6.92 Å². The van der Waals surface area contributed by atoms with Crippen LogP contribution in [-0.2, 0) is 0 Å². The average molecular weight is 262 g/mol. The van der Waals surface area contributed by atoms with Gasteiger partial charge in [0.2, 0.25) is 0 Å². The minimum absolute atomic E-state index is 0.115. The molecule has 0 radical (unpaired) electrons. The summed E-state index contributed by atoms with van der Waals surface area (Å²) in [5.74, 6) is 7.90. The highest BCUT2D eigenvalue weighted by Gasteiger charge is 2.28. The number of furan rings is 1. The molecule has 2 heterocycles. The molecule has 0 spiro atoms. The molecule has 2 aromatic rings. The van der Waals surface area contributed by atoms with Crippen molar-refractivity contribution in [1.29, 1.82) is 0 Å². The predicted molar refractivity (Wildman–Crippen MR) is 76.5 cm³/mol. The van der Waals surface area contributed by atoms with Crippen LogP contribution >= 0.6 is 11.8 Å². The highest BCUT2D eigenvalue weighted by molar-refractivity contribution is 8.00. The van der Waals surface area contributed by atoms with Gasteiger partial charge in [0.25, 0.3) is 0 Å². The molecule has 1 aliphatic rings. The molecule has 0 aliphatic carbocycles. The average Bonchev–Trinajstić information content (AvgIpc) is 3.00. The van der Waals surface area contributed by atoms with E-state index in [1.165, 1.54) is 24.2 Å². The van der Waals surface area contributed by atoms with E-state index in [1.807, 2.05) is 11.8 Å². The van der Waals surface area contributed by atoms with Crippen molar-refractivity contribution in [2.75, 3.05) is 5.75 Å². The molecule has 4 heteroatoms. The fraction of sp³-hybridized carbons (Fsp3) is 0.429. The number of nitrogens with two attached hydrogens (primary N) is 1. The van der Waals surface area contributed by atoms with Gasteiger partial charge < -0.3 is 4.42 Å². The maximum absolute atomic E-state index is 6.01. The van der Waals surface area contributed by atoms with Crippen molar-refractivity contribution in [2.45, 2.75) is 31.1 Å². The molecule has 0 bridgehead atoms. The number of benzene rings is 1. The summed E-state index contributed by atoms with van der Waals surface area (Å²) >= 11 is 1.98. The molecule has 1 fully saturated rings. The number of fused-ring (bicyclic) bond motifs is 1. The number of nitrogens with one attached hydrogen (secondary N) is 1. The van der Waals surface area contributed by atoms with Crippen LogP contribution in [-0.4, -0.2) is 11.0 Å². The maximum atomic E-state index is 6.01. The molecule has 3 rings (SSSR count). The van der Waals surface area contributed by atoms with Crippen molar-refractivity contribution < 1.29 is 4.42 Å². The summed E-state index contributed by atoms with van der Waals surface area (Å²) in [5, 5.41) is 1.68. The maximum Gasteiger partial charge on any atom is 0.137 e. The van der Waals surface area contributed by atoms with Crippen molar-refractivity contribution >= 4 is 22.7 Å². The Kier molecular flexibility index (Phi) is 3.33. The van der Waals surface area contributed by atoms with Gasteiger partial charge in [-0.2, -0.15) is 11.8 Å². The van der Waals surface area contributed by atoms with E-state index < -0.39 is 0 Å². The Balaban J connectivity index is 1.99. The second-order valence-corrected chi connectivity index (χ2v) is 6.18. The molecule has 18 heavy (non-hydrogen) atoms. The van der Waals surface area contributed by atoms with Gasteiger partial charge in [0.15, 0.2) is 0 Å². The van der Waals surface area contributed by atoms with Crippen LogP contribution in [0.4, 0.5) is 0 Å². The van der Waals surface area contributed by atoms with Crippen LogP contribution in [0.15, 0.2) is 28.7 Å². The summed E-state index contributed by atoms with van der Waals surface area (Å²) < 4.78 is 6.01. The standard InChI is InChI=1S/C14H18N2OS/c1-9-4-2-5-10-8-11(17-14(9)10)13(16-15)12-6-3-7-18-12/h2,4-5,8,12-13,16H,3,6-7,15H2,1H3. The molecule has 0 amide bonds. The summed E-state index contributed by atoms with van der Waals surface area (Å²) in [6, 6.07) is 8.46. The summed E-state index contributed by atoms with van der Waals surface area (Å²) in [6.07, 6.45) is 2.47. The molecular formula is C14H18N2OS. The molecule has 1 aliphatic heterocycles. The quantitative estimate of drug-likeness (QED) is 0.659. The van der Waals surface area contributed by atoms with Crippen LogP contribution in [0.1, 0.15) is 30.2 Å². The number of rotatable bonds is 3. The lowest BCUT2D eigenvalue weighted by Crippen LogP contribution is -2.33. The molecule has 1 saturated heterocycles. The van der Waals surface area contributed by atoms with Gasteiger partial charge in [0, 0.05) is 10.6 Å². The number of hydrazine groups is 1. The summed E-state index contributed by atoms with van der Waals surface area (Å²) in [6.45, 7) is 2.07. The molecule has 2 atom stereocenters. The number of aryl methyl sites for hydroxylation is 1. The van der Waals surface area contributed by atoms with Crippen LogP contribution in [0.25, 0.3) is 11.0 Å². The van der Waals surface area contributed by atoms with E-state index in [9.17, 15) is 0 Å². The third kappa shape index (κ3) is 2.05. The first-order valence-corrected chi connectivity index (χ1v) is 7.41. The van der Waals surface area contributed by atoms with E-state index in [-0.39, 0.29) is 6.04 Å². The molecule has 96 valence electrons. The van der Waals surface area contributed by atoms with Gasteiger partial charge in [-0.25, -0.2) is 5.43 Å². The van der Waals surface area contributed by atoms with Crippen LogP contribution < -0.4 is 11.3 Å². The lowest BCUT2D eigenvalue weighted by atomic mass is 10.1. The normalized spacial score (nSPS) is 21.6. The van der Waals surface area contributed by atoms with Crippen molar-refractivity contribution in [2.24, 2.45) is 5.84 Å². The van der Waals surface area contributed by atoms with Crippen molar-refractivity contribution in [3.8, 4) is 0 Å². The largest absolute Gasteiger partial charge is 0.459 e. The molecule has 1 aromatic heterocycles. The van der Waals surface area contributed by atoms with Crippen molar-refractivity contribution in [3.63, 3.8) is 0 Å². The topological polar surface area (TPSA) is 51.2 Å². The van der Waals surface area contributed by atoms with Gasteiger partial charge in [-0.3, -0.25) is 5.84 Å². The molecular weight excluding hydrogens is 244 g/mol. The third-order valence-corrected chi connectivity index (χ3v) is 5.04. The zero-order chi connectivity index (χ0) is 12.5. The molecule has 0 saturated carbocycles. The van der Waals surface area contributed by atoms with Gasteiger partial charge in [0.05, 0.1) is 6.04 Å². The molecule has 3 N–H and O–H groups in total. The first kappa shape index (κ1) is 12.1. The Bertz CT molecular complexity index is 546. The van der Waals surface area contributed by atoms with E-state index in [2.05, 4.69) is 36.6 Å². The van der Waals surface area contributed by atoms with Gasteiger partial charge in [-0.1, -0.05) is 18.2 Å². The molecule has 3 nitrogen and oxygen atoms in total. The Labute approximate surface area is 111 Å². The lowest BCUT2D eigenvalue weighted by molar-refractivity contribution is 0.421. The molecule has 2 unspecified atom stereocenters. The van der Waals surface area contributed by atoms with Gasteiger partial charge in [-0.15, -0.1) is 0 Å². The Hall–Kier alpha value is -0.970. The first-order valence-electron chi connectivity index (χ1n) is 6.36. The summed E-state index contributed by atoms with van der Waals surface area (Å²) in [4.78, 5) is 0. The van der Waals surface area contributed by atoms with Crippen LogP contribution in [0.3, 0.4) is 0 Å². The lowest BCUT2D eigenvalue weighted by Gasteiger charge is -2.19. The fourth-order valence-corrected chi connectivity index (χ4v) is 3.99. The highest BCUT2D eigenvalue weighted by Crippen LogP contribution is 2.37. The monoisotopic (exact) mass is 262 g/mol. The van der Waals surface area contributed by atoms with Gasteiger partial charge in [-0.05, 0) is 37.1 Å². The third-order valence-electron chi connectivity index (χ3n) is 3.58. The smallest absolute Gasteiger partial charge is 0.137 e. The van der Waals surface area contributed by atoms with Gasteiger partial charge in [0.1, 0.15) is 11.3 Å². The van der Waals surface area contributed by atoms with E-state index in [4.69, 9.17) is 10.3 Å². The number of hydrogen-bond donors (Lipinski definition) is 2. The SMILES string of the molecule is Cc1cccc2cc(C(NN)C3CCCS3)oc12. The Morgan fingerprint density at radius 3 is 3.06 bits per heavy atom. The van der Waals surface area contributed by atoms with E-state index >= 15 is 0 Å². The highest BCUT2D eigenvalue weighted by atomic mass is 32.2. The summed E-state index contributed by atoms with van der Waals surface area (Å²) in [7, 11) is 0. The predicted octanol–water partition coefficient (Wildman–Crippen LogP) is 3.14. The van der Waals surface area contributed by atoms with E-state index in [0.717, 1.165) is 16.7 Å². The number of hydrogen-bond acceptors (Lipinski definition) is 4. The first-order chi connectivity index (χ1) is 8.79. The fourth-order valence-electron chi connectivity index (χ4n) is 2.62. The second-order valence-electron chi connectivity index (χ2n) is 4.84. The van der Waals surface area contributed by atoms with Crippen LogP contribution in [0.2, 0.25) is 0 Å². The number of thioether (sulfide) groups is 1. The Morgan fingerprint density at radius 1 is 1.50 bits per heavy atom. The van der Waals surface area contributed by atoms with Crippen LogP contribution in [0.5, 0.6) is 0 Å².